The second-order valence-corrected chi connectivity index (χ2v) is 9.81. The maximum atomic E-state index is 14.3. The zero-order valence-corrected chi connectivity index (χ0v) is 23.3. The summed E-state index contributed by atoms with van der Waals surface area (Å²) in [6.45, 7) is 5.28. The van der Waals surface area contributed by atoms with Gasteiger partial charge < -0.3 is 19.4 Å². The standard InChI is InChI=1S/C32H25F3N4O4/c1-4-42-31(41)28-14-20-13-22(10-12-26(20)38-28)43-21-8-6-19(7-9-21)27-15-25(32(33,34)35)29(30(40)39-27)24(16-36)23-11-5-17(2)37-18(23)3/h5-15,24,38H,4H2,1-3H3,(H,39,40). The third kappa shape index (κ3) is 5.99. The monoisotopic (exact) mass is 586 g/mol. The first-order valence-electron chi connectivity index (χ1n) is 13.2. The van der Waals surface area contributed by atoms with Crippen LogP contribution in [0.4, 0.5) is 13.2 Å². The van der Waals surface area contributed by atoms with Crippen molar-refractivity contribution < 1.29 is 27.4 Å². The van der Waals surface area contributed by atoms with Gasteiger partial charge in [0.15, 0.2) is 0 Å². The van der Waals surface area contributed by atoms with Crippen LogP contribution in [0.2, 0.25) is 0 Å². The summed E-state index contributed by atoms with van der Waals surface area (Å²) in [6, 6.07) is 18.8. The molecule has 0 aliphatic carbocycles. The SMILES string of the molecule is CCOC(=O)c1cc2cc(Oc3ccc(-c4cc(C(F)(F)F)c(C(C#N)c5ccc(C)nc5C)c(=O)[nH]4)cc3)ccc2[nH]1. The number of esters is 1. The van der Waals surface area contributed by atoms with Crippen molar-refractivity contribution in [2.45, 2.75) is 32.9 Å². The highest BCUT2D eigenvalue weighted by atomic mass is 19.4. The van der Waals surface area contributed by atoms with Gasteiger partial charge in [0.05, 0.1) is 23.8 Å². The molecule has 0 fully saturated rings. The molecular formula is C32H25F3N4O4. The van der Waals surface area contributed by atoms with Crippen LogP contribution in [-0.4, -0.2) is 27.5 Å². The third-order valence-corrected chi connectivity index (χ3v) is 6.86. The van der Waals surface area contributed by atoms with E-state index in [0.29, 0.717) is 39.7 Å². The Morgan fingerprint density at radius 3 is 2.37 bits per heavy atom. The summed E-state index contributed by atoms with van der Waals surface area (Å²) in [5.41, 5.74) is -0.389. The number of benzene rings is 2. The second kappa shape index (κ2) is 11.5. The number of hydrogen-bond acceptors (Lipinski definition) is 6. The number of ether oxygens (including phenoxy) is 2. The fourth-order valence-electron chi connectivity index (χ4n) is 4.87. The molecule has 5 aromatic rings. The summed E-state index contributed by atoms with van der Waals surface area (Å²) in [5, 5.41) is 10.6. The Bertz CT molecular complexity index is 1940. The number of halogens is 3. The molecule has 3 aromatic heterocycles. The molecule has 5 rings (SSSR count). The molecule has 43 heavy (non-hydrogen) atoms. The third-order valence-electron chi connectivity index (χ3n) is 6.86. The van der Waals surface area contributed by atoms with Crippen molar-refractivity contribution in [2.24, 2.45) is 0 Å². The average Bonchev–Trinajstić information content (AvgIpc) is 3.39. The van der Waals surface area contributed by atoms with Crippen LogP contribution >= 0.6 is 0 Å². The van der Waals surface area contributed by atoms with Crippen molar-refractivity contribution in [2.75, 3.05) is 6.61 Å². The Kier molecular flexibility index (Phi) is 7.78. The Labute approximate surface area is 243 Å². The largest absolute Gasteiger partial charge is 0.461 e. The molecule has 0 saturated carbocycles. The lowest BCUT2D eigenvalue weighted by molar-refractivity contribution is -0.138. The molecule has 0 radical (unpaired) electrons. The van der Waals surface area contributed by atoms with E-state index >= 15 is 0 Å². The number of aromatic amines is 2. The van der Waals surface area contributed by atoms with Crippen molar-refractivity contribution in [3.8, 4) is 28.8 Å². The minimum absolute atomic E-state index is 0.0664. The van der Waals surface area contributed by atoms with Crippen molar-refractivity contribution in [3.05, 3.63) is 111 Å². The molecule has 0 aliphatic rings. The predicted octanol–water partition coefficient (Wildman–Crippen LogP) is 7.18. The van der Waals surface area contributed by atoms with Gasteiger partial charge >= 0.3 is 12.1 Å². The molecule has 218 valence electrons. The summed E-state index contributed by atoms with van der Waals surface area (Å²) < 4.78 is 53.8. The van der Waals surface area contributed by atoms with Crippen LogP contribution < -0.4 is 10.3 Å². The van der Waals surface area contributed by atoms with E-state index in [0.717, 1.165) is 11.5 Å². The van der Waals surface area contributed by atoms with Crippen LogP contribution in [0.3, 0.4) is 0 Å². The number of aromatic nitrogens is 3. The fourth-order valence-corrected chi connectivity index (χ4v) is 4.87. The minimum atomic E-state index is -4.90. The van der Waals surface area contributed by atoms with E-state index in [1.165, 1.54) is 18.2 Å². The van der Waals surface area contributed by atoms with Gasteiger partial charge in [0.2, 0.25) is 0 Å². The molecule has 2 N–H and O–H groups in total. The Morgan fingerprint density at radius 1 is 1.00 bits per heavy atom. The molecule has 8 nitrogen and oxygen atoms in total. The number of alkyl halides is 3. The second-order valence-electron chi connectivity index (χ2n) is 9.81. The summed E-state index contributed by atoms with van der Waals surface area (Å²) in [7, 11) is 0. The van der Waals surface area contributed by atoms with Gasteiger partial charge in [-0.25, -0.2) is 4.79 Å². The number of rotatable bonds is 7. The summed E-state index contributed by atoms with van der Waals surface area (Å²) >= 11 is 0. The average molecular weight is 587 g/mol. The van der Waals surface area contributed by atoms with E-state index in [4.69, 9.17) is 9.47 Å². The Hall–Kier alpha value is -5.37. The van der Waals surface area contributed by atoms with Crippen molar-refractivity contribution in [1.29, 1.82) is 5.26 Å². The van der Waals surface area contributed by atoms with E-state index in [1.807, 2.05) is 6.07 Å². The van der Waals surface area contributed by atoms with Crippen molar-refractivity contribution in [1.82, 2.24) is 15.0 Å². The number of carbonyl (C=O) groups is 1. The number of nitriles is 1. The molecule has 0 saturated heterocycles. The maximum absolute atomic E-state index is 14.3. The lowest BCUT2D eigenvalue weighted by atomic mass is 9.88. The van der Waals surface area contributed by atoms with Crippen LogP contribution in [0.1, 0.15) is 51.4 Å². The van der Waals surface area contributed by atoms with Gasteiger partial charge in [-0.15, -0.1) is 0 Å². The summed E-state index contributed by atoms with van der Waals surface area (Å²) in [4.78, 5) is 34.9. The zero-order valence-electron chi connectivity index (χ0n) is 23.3. The molecular weight excluding hydrogens is 561 g/mol. The highest BCUT2D eigenvalue weighted by Gasteiger charge is 2.38. The lowest BCUT2D eigenvalue weighted by Gasteiger charge is -2.19. The normalized spacial score (nSPS) is 12.1. The molecule has 1 atom stereocenters. The minimum Gasteiger partial charge on any atom is -0.461 e. The number of aryl methyl sites for hydroxylation is 2. The molecule has 1 unspecified atom stereocenters. The maximum Gasteiger partial charge on any atom is 0.417 e. The number of H-pyrrole nitrogens is 2. The van der Waals surface area contributed by atoms with Crippen LogP contribution in [0.5, 0.6) is 11.5 Å². The van der Waals surface area contributed by atoms with Crippen LogP contribution in [0, 0.1) is 25.2 Å². The number of nitrogens with one attached hydrogen (secondary N) is 2. The molecule has 11 heteroatoms. The summed E-state index contributed by atoms with van der Waals surface area (Å²) in [5.74, 6) is -1.08. The molecule has 0 amide bonds. The number of fused-ring (bicyclic) bond motifs is 1. The molecule has 2 aromatic carbocycles. The van der Waals surface area contributed by atoms with E-state index in [9.17, 15) is 28.0 Å². The van der Waals surface area contributed by atoms with E-state index < -0.39 is 34.7 Å². The number of pyridine rings is 2. The van der Waals surface area contributed by atoms with E-state index in [2.05, 4.69) is 15.0 Å². The molecule has 3 heterocycles. The molecule has 0 bridgehead atoms. The van der Waals surface area contributed by atoms with Gasteiger partial charge in [0.25, 0.3) is 5.56 Å². The Balaban J connectivity index is 1.45. The van der Waals surface area contributed by atoms with Crippen LogP contribution in [0.25, 0.3) is 22.2 Å². The topological polar surface area (TPSA) is 121 Å². The number of nitrogens with zero attached hydrogens (tertiary/aromatic N) is 2. The Morgan fingerprint density at radius 2 is 1.72 bits per heavy atom. The highest BCUT2D eigenvalue weighted by Crippen LogP contribution is 2.38. The lowest BCUT2D eigenvalue weighted by Crippen LogP contribution is -2.25. The highest BCUT2D eigenvalue weighted by molar-refractivity contribution is 5.95. The van der Waals surface area contributed by atoms with Gasteiger partial charge in [-0.3, -0.25) is 9.78 Å². The van der Waals surface area contributed by atoms with Gasteiger partial charge in [-0.1, -0.05) is 6.07 Å². The molecule has 0 spiro atoms. The van der Waals surface area contributed by atoms with Gasteiger partial charge in [0.1, 0.15) is 23.1 Å². The number of carbonyl (C=O) groups excluding carboxylic acids is 1. The van der Waals surface area contributed by atoms with Crippen LogP contribution in [-0.2, 0) is 10.9 Å². The summed E-state index contributed by atoms with van der Waals surface area (Å²) in [6.07, 6.45) is -4.90. The van der Waals surface area contributed by atoms with Gasteiger partial charge in [0, 0.05) is 28.0 Å². The fraction of sp³-hybridized carbons (Fsp3) is 0.188. The van der Waals surface area contributed by atoms with Crippen LogP contribution in [0.15, 0.2) is 71.5 Å². The predicted molar refractivity (Wildman–Crippen MR) is 153 cm³/mol. The first kappa shape index (κ1) is 29.1. The first-order chi connectivity index (χ1) is 20.5. The van der Waals surface area contributed by atoms with Gasteiger partial charge in [-0.2, -0.15) is 18.4 Å². The quantitative estimate of drug-likeness (QED) is 0.195. The first-order valence-corrected chi connectivity index (χ1v) is 13.2. The van der Waals surface area contributed by atoms with E-state index in [-0.39, 0.29) is 17.9 Å². The van der Waals surface area contributed by atoms with E-state index in [1.54, 1.807) is 63.2 Å². The number of hydrogen-bond donors (Lipinski definition) is 2. The van der Waals surface area contributed by atoms with Crippen molar-refractivity contribution in [3.63, 3.8) is 0 Å². The van der Waals surface area contributed by atoms with Gasteiger partial charge in [-0.05, 0) is 92.6 Å². The smallest absolute Gasteiger partial charge is 0.417 e. The van der Waals surface area contributed by atoms with Crippen molar-refractivity contribution >= 4 is 16.9 Å². The molecule has 0 aliphatic heterocycles. The zero-order chi connectivity index (χ0) is 30.9.